The molecule has 0 atom stereocenters. The molecule has 2 nitrogen and oxygen atoms in total. The van der Waals surface area contributed by atoms with E-state index in [0.29, 0.717) is 0 Å². The Bertz CT molecular complexity index is 2810. The van der Waals surface area contributed by atoms with Crippen LogP contribution in [0.1, 0.15) is 0 Å². The summed E-state index contributed by atoms with van der Waals surface area (Å²) in [5.74, 6) is 0. The molecule has 0 bridgehead atoms. The van der Waals surface area contributed by atoms with E-state index in [1.165, 1.54) is 47.6 Å². The van der Waals surface area contributed by atoms with E-state index in [4.69, 9.17) is 4.42 Å². The van der Waals surface area contributed by atoms with Gasteiger partial charge in [0.2, 0.25) is 0 Å². The number of hydrogen-bond acceptors (Lipinski definition) is 3. The van der Waals surface area contributed by atoms with Crippen LogP contribution in [-0.4, -0.2) is 0 Å². The molecule has 0 saturated carbocycles. The number of nitrogens with zero attached hydrogens (tertiary/aromatic N) is 1. The molecule has 10 aromatic rings. The molecule has 8 aromatic carbocycles. The summed E-state index contributed by atoms with van der Waals surface area (Å²) in [7, 11) is 0. The lowest BCUT2D eigenvalue weighted by Gasteiger charge is -2.26. The highest BCUT2D eigenvalue weighted by molar-refractivity contribution is 7.26. The molecule has 0 radical (unpaired) electrons. The highest BCUT2D eigenvalue weighted by Gasteiger charge is 2.23. The van der Waals surface area contributed by atoms with Crippen LogP contribution in [0.3, 0.4) is 0 Å². The van der Waals surface area contributed by atoms with Crippen molar-refractivity contribution in [2.75, 3.05) is 4.90 Å². The van der Waals surface area contributed by atoms with Crippen LogP contribution < -0.4 is 4.90 Å². The Labute approximate surface area is 287 Å². The van der Waals surface area contributed by atoms with Crippen molar-refractivity contribution in [2.24, 2.45) is 0 Å². The Morgan fingerprint density at radius 1 is 0.469 bits per heavy atom. The number of para-hydroxylation sites is 1. The Balaban J connectivity index is 1.26. The minimum atomic E-state index is 0.870. The average molecular weight is 644 g/mol. The highest BCUT2D eigenvalue weighted by atomic mass is 32.1. The van der Waals surface area contributed by atoms with Crippen molar-refractivity contribution in [1.29, 1.82) is 0 Å². The smallest absolute Gasteiger partial charge is 0.144 e. The topological polar surface area (TPSA) is 16.4 Å². The fourth-order valence-corrected chi connectivity index (χ4v) is 8.66. The molecule has 0 saturated heterocycles. The van der Waals surface area contributed by atoms with Crippen molar-refractivity contribution >= 4 is 81.3 Å². The van der Waals surface area contributed by atoms with Gasteiger partial charge in [0.05, 0.1) is 11.1 Å². The van der Waals surface area contributed by atoms with Crippen LogP contribution in [0.15, 0.2) is 180 Å². The third kappa shape index (κ3) is 4.47. The summed E-state index contributed by atoms with van der Waals surface area (Å²) < 4.78 is 9.57. The van der Waals surface area contributed by atoms with Crippen LogP contribution >= 0.6 is 11.3 Å². The van der Waals surface area contributed by atoms with Gasteiger partial charge in [0, 0.05) is 48.1 Å². The van der Waals surface area contributed by atoms with Crippen LogP contribution in [0.2, 0.25) is 0 Å². The molecule has 0 N–H and O–H groups in total. The first-order valence-corrected chi connectivity index (χ1v) is 17.4. The minimum Gasteiger partial charge on any atom is -0.455 e. The average Bonchev–Trinajstić information content (AvgIpc) is 3.74. The van der Waals surface area contributed by atoms with Crippen molar-refractivity contribution in [3.63, 3.8) is 0 Å². The van der Waals surface area contributed by atoms with Gasteiger partial charge in [-0.25, -0.2) is 0 Å². The minimum absolute atomic E-state index is 0.870. The number of furan rings is 1. The molecule has 49 heavy (non-hydrogen) atoms. The van der Waals surface area contributed by atoms with E-state index in [1.54, 1.807) is 0 Å². The van der Waals surface area contributed by atoms with Gasteiger partial charge in [-0.05, 0) is 70.4 Å². The van der Waals surface area contributed by atoms with E-state index in [-0.39, 0.29) is 0 Å². The normalized spacial score (nSPS) is 11.7. The molecular weight excluding hydrogens is 615 g/mol. The molecule has 0 aliphatic heterocycles. The number of benzene rings is 8. The van der Waals surface area contributed by atoms with Gasteiger partial charge in [0.1, 0.15) is 11.2 Å². The summed E-state index contributed by atoms with van der Waals surface area (Å²) in [4.78, 5) is 2.35. The van der Waals surface area contributed by atoms with Crippen molar-refractivity contribution < 1.29 is 4.42 Å². The third-order valence-corrected chi connectivity index (χ3v) is 10.9. The van der Waals surface area contributed by atoms with Gasteiger partial charge in [-0.15, -0.1) is 11.3 Å². The number of hydrogen-bond donors (Lipinski definition) is 0. The zero-order valence-electron chi connectivity index (χ0n) is 26.5. The van der Waals surface area contributed by atoms with Gasteiger partial charge in [-0.1, -0.05) is 127 Å². The van der Waals surface area contributed by atoms with Crippen LogP contribution in [-0.2, 0) is 0 Å². The van der Waals surface area contributed by atoms with E-state index in [2.05, 4.69) is 181 Å². The second kappa shape index (κ2) is 11.2. The van der Waals surface area contributed by atoms with E-state index in [1.807, 2.05) is 11.3 Å². The lowest BCUT2D eigenvalue weighted by atomic mass is 9.94. The quantitative estimate of drug-likeness (QED) is 0.186. The molecule has 2 heterocycles. The summed E-state index contributed by atoms with van der Waals surface area (Å²) in [6, 6.07) is 62.9. The molecule has 0 spiro atoms. The standard InChI is InChI=1S/C46H29NOS/c1-3-13-30(14-4-1)31-25-27-34(28-26-31)47(33-16-5-2-6-17-33)40-22-12-23-41-44(40)39-29-32-15-7-8-18-35(32)43(45(39)48-41)38-21-11-20-37-36-19-9-10-24-42(36)49-46(37)38/h1-29H. The Morgan fingerprint density at radius 3 is 1.96 bits per heavy atom. The summed E-state index contributed by atoms with van der Waals surface area (Å²) >= 11 is 1.86. The second-order valence-corrected chi connectivity index (χ2v) is 13.5. The lowest BCUT2D eigenvalue weighted by Crippen LogP contribution is -2.10. The van der Waals surface area contributed by atoms with E-state index in [9.17, 15) is 0 Å². The first kappa shape index (κ1) is 27.9. The zero-order chi connectivity index (χ0) is 32.3. The molecule has 0 amide bonds. The predicted octanol–water partition coefficient (Wildman–Crippen LogP) is 13.9. The molecule has 0 unspecified atom stereocenters. The Kier molecular flexibility index (Phi) is 6.39. The first-order valence-electron chi connectivity index (χ1n) is 16.6. The summed E-state index contributed by atoms with van der Waals surface area (Å²) in [6.45, 7) is 0. The van der Waals surface area contributed by atoms with Crippen LogP contribution in [0.4, 0.5) is 17.1 Å². The summed E-state index contributed by atoms with van der Waals surface area (Å²) in [5.41, 5.74) is 9.79. The number of thiophene rings is 1. The first-order chi connectivity index (χ1) is 24.3. The predicted molar refractivity (Wildman–Crippen MR) is 210 cm³/mol. The molecule has 0 aliphatic carbocycles. The van der Waals surface area contributed by atoms with Gasteiger partial charge < -0.3 is 9.32 Å². The highest BCUT2D eigenvalue weighted by Crippen LogP contribution is 2.49. The fourth-order valence-electron chi connectivity index (χ4n) is 7.44. The van der Waals surface area contributed by atoms with Gasteiger partial charge in [0.25, 0.3) is 0 Å². The molecule has 230 valence electrons. The fraction of sp³-hybridized carbons (Fsp3) is 0. The summed E-state index contributed by atoms with van der Waals surface area (Å²) in [6.07, 6.45) is 0. The molecular formula is C46H29NOS. The van der Waals surface area contributed by atoms with E-state index < -0.39 is 0 Å². The SMILES string of the molecule is c1ccc(-c2ccc(N(c3ccccc3)c3cccc4oc5c(-c6cccc7c6sc6ccccc67)c6ccccc6cc5c34)cc2)cc1. The zero-order valence-corrected chi connectivity index (χ0v) is 27.3. The van der Waals surface area contributed by atoms with Crippen molar-refractivity contribution in [1.82, 2.24) is 0 Å². The van der Waals surface area contributed by atoms with E-state index in [0.717, 1.165) is 44.6 Å². The van der Waals surface area contributed by atoms with Gasteiger partial charge in [-0.2, -0.15) is 0 Å². The van der Waals surface area contributed by atoms with Crippen molar-refractivity contribution in [2.45, 2.75) is 0 Å². The summed E-state index contributed by atoms with van der Waals surface area (Å²) in [5, 5.41) is 7.18. The Hall–Kier alpha value is -6.16. The van der Waals surface area contributed by atoms with Crippen LogP contribution in [0, 0.1) is 0 Å². The molecule has 10 rings (SSSR count). The monoisotopic (exact) mass is 643 g/mol. The van der Waals surface area contributed by atoms with Gasteiger partial charge >= 0.3 is 0 Å². The van der Waals surface area contributed by atoms with E-state index >= 15 is 0 Å². The van der Waals surface area contributed by atoms with Gasteiger partial charge in [0.15, 0.2) is 0 Å². The number of fused-ring (bicyclic) bond motifs is 7. The van der Waals surface area contributed by atoms with Crippen molar-refractivity contribution in [3.8, 4) is 22.3 Å². The maximum Gasteiger partial charge on any atom is 0.144 e. The molecule has 2 aromatic heterocycles. The third-order valence-electron chi connectivity index (χ3n) is 9.65. The number of rotatable bonds is 5. The molecule has 0 aliphatic rings. The molecule has 0 fully saturated rings. The maximum atomic E-state index is 6.99. The molecule has 3 heteroatoms. The van der Waals surface area contributed by atoms with Crippen LogP contribution in [0.5, 0.6) is 0 Å². The maximum absolute atomic E-state index is 6.99. The number of anilines is 3. The van der Waals surface area contributed by atoms with Crippen LogP contribution in [0.25, 0.3) is 75.1 Å². The lowest BCUT2D eigenvalue weighted by molar-refractivity contribution is 0.670. The Morgan fingerprint density at radius 2 is 1.12 bits per heavy atom. The second-order valence-electron chi connectivity index (χ2n) is 12.5. The van der Waals surface area contributed by atoms with Crippen molar-refractivity contribution in [3.05, 3.63) is 176 Å². The largest absolute Gasteiger partial charge is 0.455 e. The van der Waals surface area contributed by atoms with Gasteiger partial charge in [-0.3, -0.25) is 0 Å².